The van der Waals surface area contributed by atoms with Crippen molar-refractivity contribution in [2.45, 2.75) is 0 Å². The summed E-state index contributed by atoms with van der Waals surface area (Å²) in [4.78, 5) is 14.3. The molecule has 0 atom stereocenters. The number of fused-ring (bicyclic) bond motifs is 7. The summed E-state index contributed by atoms with van der Waals surface area (Å²) < 4.78 is 4.41. The largest absolute Gasteiger partial charge is 0.309 e. The van der Waals surface area contributed by atoms with Crippen LogP contribution in [0.5, 0.6) is 0 Å². The normalized spacial score (nSPS) is 11.5. The molecule has 16 heteroatoms. The summed E-state index contributed by atoms with van der Waals surface area (Å²) in [6.07, 6.45) is 0. The van der Waals surface area contributed by atoms with E-state index in [2.05, 4.69) is 63.7 Å². The third-order valence-electron chi connectivity index (χ3n) is 11.6. The lowest BCUT2D eigenvalue weighted by Crippen LogP contribution is -2.55. The monoisotopic (exact) mass is 764 g/mol. The molecule has 10 aromatic rings. The Bertz CT molecular complexity index is 3470. The van der Waals surface area contributed by atoms with Crippen molar-refractivity contribution < 1.29 is 0 Å². The molecule has 0 unspecified atom stereocenters. The van der Waals surface area contributed by atoms with Gasteiger partial charge in [-0.2, -0.15) is 5.26 Å². The van der Waals surface area contributed by atoms with Crippen molar-refractivity contribution in [2.75, 3.05) is 0 Å². The summed E-state index contributed by atoms with van der Waals surface area (Å²) in [6.45, 7) is 0. The fourth-order valence-electron chi connectivity index (χ4n) is 8.48. The zero-order valence-corrected chi connectivity index (χ0v) is 32.8. The lowest BCUT2D eigenvalue weighted by Gasteiger charge is -2.23. The van der Waals surface area contributed by atoms with Gasteiger partial charge in [0.15, 0.2) is 17.5 Å². The van der Waals surface area contributed by atoms with Crippen LogP contribution in [0.25, 0.3) is 89.2 Å². The van der Waals surface area contributed by atoms with Crippen LogP contribution in [0.15, 0.2) is 109 Å². The second-order valence-corrected chi connectivity index (χ2v) is 14.9. The SMILES string of the molecule is [B]c1c([B])c([B])c(-c2nc(-c3ccc(-n4c5ccccc5c5ccc6c(c7ccccc7n6-c6ccccc6)c54)c(C#N)c3)nc(-c3c([B])c([B])c([B])c([B])c3[B])n2)c([B])c1[B]. The average molecular weight is 763 g/mol. The van der Waals surface area contributed by atoms with Crippen LogP contribution in [-0.2, 0) is 0 Å². The summed E-state index contributed by atoms with van der Waals surface area (Å²) in [6, 6.07) is 38.8. The Balaban J connectivity index is 1.26. The van der Waals surface area contributed by atoms with Crippen molar-refractivity contribution in [1.29, 1.82) is 5.26 Å². The molecule has 0 N–H and O–H groups in total. The van der Waals surface area contributed by atoms with Gasteiger partial charge in [0.1, 0.15) is 84.5 Å². The number of para-hydroxylation sites is 3. The van der Waals surface area contributed by atoms with E-state index in [0.29, 0.717) is 16.8 Å². The van der Waals surface area contributed by atoms with Gasteiger partial charge in [0.2, 0.25) is 0 Å². The maximum atomic E-state index is 11.0. The van der Waals surface area contributed by atoms with Crippen molar-refractivity contribution in [3.63, 3.8) is 0 Å². The van der Waals surface area contributed by atoms with E-state index in [1.165, 1.54) is 0 Å². The molecule has 262 valence electrons. The van der Waals surface area contributed by atoms with Gasteiger partial charge >= 0.3 is 0 Å². The molecule has 6 nitrogen and oxygen atoms in total. The van der Waals surface area contributed by atoms with Crippen molar-refractivity contribution in [3.05, 3.63) is 115 Å². The van der Waals surface area contributed by atoms with E-state index in [9.17, 15) is 5.26 Å². The molecule has 7 aromatic carbocycles. The van der Waals surface area contributed by atoms with E-state index >= 15 is 0 Å². The lowest BCUT2D eigenvalue weighted by molar-refractivity contribution is 1.08. The van der Waals surface area contributed by atoms with E-state index < -0.39 is 0 Å². The number of rotatable bonds is 5. The molecule has 3 heterocycles. The van der Waals surface area contributed by atoms with Gasteiger partial charge in [-0.3, -0.25) is 0 Å². The van der Waals surface area contributed by atoms with Crippen molar-refractivity contribution in [3.8, 4) is 51.6 Å². The first kappa shape index (κ1) is 39.4. The molecule has 0 spiro atoms. The quantitative estimate of drug-likeness (QED) is 0.209. The zero-order chi connectivity index (χ0) is 43.3. The van der Waals surface area contributed by atoms with Crippen LogP contribution < -0.4 is 54.6 Å². The number of hydrogen-bond donors (Lipinski definition) is 0. The van der Waals surface area contributed by atoms with E-state index in [1.807, 2.05) is 54.6 Å². The fourth-order valence-corrected chi connectivity index (χ4v) is 8.48. The van der Waals surface area contributed by atoms with Crippen LogP contribution in [0.3, 0.4) is 0 Å². The Hall–Kier alpha value is -6.71. The standard InChI is InChI=1S/C46H18B10N6/c47-33-31(34(48)38(52)41(55)37(33)51)45-58-44(59-46(60-45)32-35(49)39(53)42(56)40(54)36(32)50)20-14-16-26(21(18-20)19-57)62-27-12-6-4-10-23(27)24-15-17-29-30(43(24)62)25-11-5-7-13-28(25)61(29)22-8-2-1-3-9-22/h1-18H. The van der Waals surface area contributed by atoms with Crippen LogP contribution in [0.4, 0.5) is 0 Å². The maximum absolute atomic E-state index is 11.0. The molecule has 3 aromatic heterocycles. The van der Waals surface area contributed by atoms with Crippen LogP contribution >= 0.6 is 0 Å². The minimum Gasteiger partial charge on any atom is -0.309 e. The first-order valence-corrected chi connectivity index (χ1v) is 19.3. The highest BCUT2D eigenvalue weighted by Crippen LogP contribution is 2.42. The van der Waals surface area contributed by atoms with Crippen LogP contribution in [0.2, 0.25) is 0 Å². The van der Waals surface area contributed by atoms with Crippen molar-refractivity contribution in [2.24, 2.45) is 0 Å². The average Bonchev–Trinajstić information content (AvgIpc) is 3.82. The smallest absolute Gasteiger partial charge is 0.164 e. The predicted octanol–water partition coefficient (Wildman–Crippen LogP) is -1.12. The fraction of sp³-hybridized carbons (Fsp3) is 0. The number of aromatic nitrogens is 5. The highest BCUT2D eigenvalue weighted by molar-refractivity contribution is 6.70. The summed E-state index contributed by atoms with van der Waals surface area (Å²) in [7, 11) is 63.5. The predicted molar refractivity (Wildman–Crippen MR) is 263 cm³/mol. The molecular weight excluding hydrogens is 745 g/mol. The second kappa shape index (κ2) is 14.7. The van der Waals surface area contributed by atoms with E-state index in [1.54, 1.807) is 6.07 Å². The summed E-state index contributed by atoms with van der Waals surface area (Å²) >= 11 is 0. The van der Waals surface area contributed by atoms with Crippen LogP contribution in [0.1, 0.15) is 5.56 Å². The molecular formula is C46H18B10N6. The van der Waals surface area contributed by atoms with Gasteiger partial charge in [0.05, 0.1) is 33.3 Å². The Labute approximate surface area is 370 Å². The van der Waals surface area contributed by atoms with Crippen molar-refractivity contribution in [1.82, 2.24) is 24.1 Å². The Morgan fingerprint density at radius 2 is 0.903 bits per heavy atom. The molecule has 0 aliphatic carbocycles. The molecule has 20 radical (unpaired) electrons. The third-order valence-corrected chi connectivity index (χ3v) is 11.6. The lowest BCUT2D eigenvalue weighted by atomic mass is 9.60. The minimum atomic E-state index is -0.0478. The van der Waals surface area contributed by atoms with Gasteiger partial charge in [-0.25, -0.2) is 15.0 Å². The Morgan fingerprint density at radius 1 is 0.419 bits per heavy atom. The Morgan fingerprint density at radius 3 is 1.47 bits per heavy atom. The number of nitrogens with zero attached hydrogens (tertiary/aromatic N) is 6. The molecule has 0 aliphatic heterocycles. The summed E-state index contributed by atoms with van der Waals surface area (Å²) in [5, 5.41) is 15.1. The van der Waals surface area contributed by atoms with Crippen LogP contribution in [0, 0.1) is 11.3 Å². The van der Waals surface area contributed by atoms with Gasteiger partial charge in [0.25, 0.3) is 0 Å². The molecule has 0 saturated heterocycles. The molecule has 0 saturated carbocycles. The first-order chi connectivity index (χ1) is 29.9. The first-order valence-electron chi connectivity index (χ1n) is 19.3. The number of nitriles is 1. The van der Waals surface area contributed by atoms with E-state index in [0.717, 1.165) is 49.3 Å². The van der Waals surface area contributed by atoms with Gasteiger partial charge in [-0.05, 0) is 48.5 Å². The summed E-state index contributed by atoms with van der Waals surface area (Å²) in [5.74, 6) is -0.00849. The maximum Gasteiger partial charge on any atom is 0.164 e. The van der Waals surface area contributed by atoms with Gasteiger partial charge < -0.3 is 9.13 Å². The highest BCUT2D eigenvalue weighted by atomic mass is 15.0. The topological polar surface area (TPSA) is 72.3 Å². The van der Waals surface area contributed by atoms with Gasteiger partial charge in [-0.1, -0.05) is 82.5 Å². The number of benzene rings is 7. The minimum absolute atomic E-state index is 0.00652. The molecule has 0 bridgehead atoms. The second-order valence-electron chi connectivity index (χ2n) is 14.9. The molecule has 62 heavy (non-hydrogen) atoms. The summed E-state index contributed by atoms with van der Waals surface area (Å²) in [5.41, 5.74) is 6.36. The zero-order valence-electron chi connectivity index (χ0n) is 32.8. The molecule has 0 aliphatic rings. The number of hydrogen-bond acceptors (Lipinski definition) is 4. The van der Waals surface area contributed by atoms with E-state index in [4.69, 9.17) is 93.4 Å². The van der Waals surface area contributed by atoms with Gasteiger partial charge in [0, 0.05) is 43.9 Å². The van der Waals surface area contributed by atoms with Crippen molar-refractivity contribution >= 4 is 177 Å². The van der Waals surface area contributed by atoms with Crippen LogP contribution in [-0.4, -0.2) is 103 Å². The molecule has 0 fully saturated rings. The Kier molecular flexibility index (Phi) is 9.37. The molecule has 10 rings (SSSR count). The third kappa shape index (κ3) is 5.74. The van der Waals surface area contributed by atoms with E-state index in [-0.39, 0.29) is 83.2 Å². The highest BCUT2D eigenvalue weighted by Gasteiger charge is 2.24. The van der Waals surface area contributed by atoms with Gasteiger partial charge in [-0.15, -0.1) is 32.8 Å². The molecule has 0 amide bonds.